The predicted molar refractivity (Wildman–Crippen MR) is 64.0 cm³/mol. The van der Waals surface area contributed by atoms with Crippen LogP contribution in [0.4, 0.5) is 11.6 Å². The van der Waals surface area contributed by atoms with E-state index in [2.05, 4.69) is 15.3 Å². The lowest BCUT2D eigenvalue weighted by Crippen LogP contribution is -2.27. The maximum absolute atomic E-state index is 5.78. The molecule has 0 aromatic carbocycles. The largest absolute Gasteiger partial charge is 0.383 e. The highest BCUT2D eigenvalue weighted by molar-refractivity contribution is 5.54. The van der Waals surface area contributed by atoms with Gasteiger partial charge in [0.25, 0.3) is 0 Å². The highest BCUT2D eigenvalue weighted by Crippen LogP contribution is 2.45. The van der Waals surface area contributed by atoms with Gasteiger partial charge < -0.3 is 11.1 Å². The third-order valence-corrected chi connectivity index (χ3v) is 4.18. The summed E-state index contributed by atoms with van der Waals surface area (Å²) in [7, 11) is 0. The third-order valence-electron chi connectivity index (χ3n) is 4.18. The minimum atomic E-state index is 0.584. The monoisotopic (exact) mass is 218 g/mol. The molecule has 3 unspecified atom stereocenters. The lowest BCUT2D eigenvalue weighted by molar-refractivity contribution is 0.438. The van der Waals surface area contributed by atoms with E-state index in [0.29, 0.717) is 11.9 Å². The van der Waals surface area contributed by atoms with E-state index < -0.39 is 0 Å². The first-order valence-corrected chi connectivity index (χ1v) is 6.07. The van der Waals surface area contributed by atoms with Crippen LogP contribution in [0, 0.1) is 18.8 Å². The number of nitrogens with one attached hydrogen (secondary N) is 1. The van der Waals surface area contributed by atoms with Crippen molar-refractivity contribution in [1.29, 1.82) is 0 Å². The summed E-state index contributed by atoms with van der Waals surface area (Å²) in [5, 5.41) is 3.55. The summed E-state index contributed by atoms with van der Waals surface area (Å²) in [6.45, 7) is 1.98. The molecule has 16 heavy (non-hydrogen) atoms. The lowest BCUT2D eigenvalue weighted by atomic mass is 9.95. The summed E-state index contributed by atoms with van der Waals surface area (Å²) in [5.74, 6) is 3.30. The summed E-state index contributed by atoms with van der Waals surface area (Å²) >= 11 is 0. The van der Waals surface area contributed by atoms with E-state index in [1.165, 1.54) is 32.0 Å². The van der Waals surface area contributed by atoms with Gasteiger partial charge in [-0.25, -0.2) is 9.97 Å². The van der Waals surface area contributed by atoms with Gasteiger partial charge in [0.2, 0.25) is 0 Å². The van der Waals surface area contributed by atoms with Gasteiger partial charge in [-0.15, -0.1) is 0 Å². The molecule has 86 valence electrons. The molecule has 3 N–H and O–H groups in total. The van der Waals surface area contributed by atoms with Crippen LogP contribution in [0.3, 0.4) is 0 Å². The SMILES string of the molecule is Cc1c(N)ncnc1NC1CC2CCC1C2. The molecule has 2 bridgehead atoms. The zero-order chi connectivity index (χ0) is 11.1. The number of aromatic nitrogens is 2. The maximum atomic E-state index is 5.78. The second kappa shape index (κ2) is 3.61. The van der Waals surface area contributed by atoms with Crippen LogP contribution < -0.4 is 11.1 Å². The molecule has 3 rings (SSSR count). The Hall–Kier alpha value is -1.32. The fraction of sp³-hybridized carbons (Fsp3) is 0.667. The Labute approximate surface area is 95.7 Å². The molecule has 0 saturated heterocycles. The third kappa shape index (κ3) is 1.52. The molecule has 2 aliphatic rings. The molecule has 2 saturated carbocycles. The van der Waals surface area contributed by atoms with Crippen molar-refractivity contribution in [3.63, 3.8) is 0 Å². The molecule has 1 heterocycles. The van der Waals surface area contributed by atoms with E-state index in [9.17, 15) is 0 Å². The Morgan fingerprint density at radius 3 is 2.88 bits per heavy atom. The van der Waals surface area contributed by atoms with E-state index in [1.807, 2.05) is 6.92 Å². The molecule has 0 radical (unpaired) electrons. The van der Waals surface area contributed by atoms with Gasteiger partial charge in [-0.3, -0.25) is 0 Å². The standard InChI is InChI=1S/C12H18N4/c1-7-11(13)14-6-15-12(7)16-10-5-8-2-3-9(10)4-8/h6,8-10H,2-5H2,1H3,(H3,13,14,15,16). The van der Waals surface area contributed by atoms with Gasteiger partial charge in [0.1, 0.15) is 18.0 Å². The Morgan fingerprint density at radius 1 is 1.31 bits per heavy atom. The maximum Gasteiger partial charge on any atom is 0.134 e. The fourth-order valence-corrected chi connectivity index (χ4v) is 3.21. The first-order chi connectivity index (χ1) is 7.74. The number of fused-ring (bicyclic) bond motifs is 2. The van der Waals surface area contributed by atoms with Crippen molar-refractivity contribution < 1.29 is 0 Å². The van der Waals surface area contributed by atoms with Crippen molar-refractivity contribution in [2.75, 3.05) is 11.1 Å². The van der Waals surface area contributed by atoms with Gasteiger partial charge in [0, 0.05) is 11.6 Å². The number of nitrogens with two attached hydrogens (primary N) is 1. The van der Waals surface area contributed by atoms with Crippen LogP contribution in [-0.4, -0.2) is 16.0 Å². The van der Waals surface area contributed by atoms with Crippen molar-refractivity contribution in [3.05, 3.63) is 11.9 Å². The number of nitrogens with zero attached hydrogens (tertiary/aromatic N) is 2. The van der Waals surface area contributed by atoms with E-state index >= 15 is 0 Å². The molecule has 2 fully saturated rings. The molecular formula is C12H18N4. The quantitative estimate of drug-likeness (QED) is 0.796. The second-order valence-electron chi connectivity index (χ2n) is 5.16. The topological polar surface area (TPSA) is 63.8 Å². The van der Waals surface area contributed by atoms with Crippen molar-refractivity contribution in [2.24, 2.45) is 11.8 Å². The van der Waals surface area contributed by atoms with Gasteiger partial charge in [0.05, 0.1) is 0 Å². The van der Waals surface area contributed by atoms with Gasteiger partial charge in [-0.1, -0.05) is 6.42 Å². The molecule has 1 aromatic rings. The molecule has 4 heteroatoms. The molecule has 0 spiro atoms. The van der Waals surface area contributed by atoms with Crippen LogP contribution in [0.25, 0.3) is 0 Å². The average Bonchev–Trinajstić information content (AvgIpc) is 2.86. The number of rotatable bonds is 2. The summed E-state index contributed by atoms with van der Waals surface area (Å²) in [5.41, 5.74) is 6.76. The van der Waals surface area contributed by atoms with Crippen LogP contribution in [0.5, 0.6) is 0 Å². The van der Waals surface area contributed by atoms with Crippen LogP contribution >= 0.6 is 0 Å². The number of hydrogen-bond acceptors (Lipinski definition) is 4. The first kappa shape index (κ1) is 9.87. The first-order valence-electron chi connectivity index (χ1n) is 6.07. The predicted octanol–water partition coefficient (Wildman–Crippen LogP) is 1.97. The van der Waals surface area contributed by atoms with E-state index in [1.54, 1.807) is 0 Å². The summed E-state index contributed by atoms with van der Waals surface area (Å²) in [6.07, 6.45) is 7.04. The van der Waals surface area contributed by atoms with Gasteiger partial charge in [-0.2, -0.15) is 0 Å². The van der Waals surface area contributed by atoms with Crippen molar-refractivity contribution >= 4 is 11.6 Å². The van der Waals surface area contributed by atoms with E-state index in [0.717, 1.165) is 23.2 Å². The van der Waals surface area contributed by atoms with Gasteiger partial charge in [-0.05, 0) is 38.0 Å². The number of anilines is 2. The molecule has 0 aliphatic heterocycles. The van der Waals surface area contributed by atoms with Crippen LogP contribution in [-0.2, 0) is 0 Å². The van der Waals surface area contributed by atoms with Crippen molar-refractivity contribution in [2.45, 2.75) is 38.6 Å². The zero-order valence-electron chi connectivity index (χ0n) is 9.61. The summed E-state index contributed by atoms with van der Waals surface area (Å²) < 4.78 is 0. The molecule has 4 nitrogen and oxygen atoms in total. The lowest BCUT2D eigenvalue weighted by Gasteiger charge is -2.24. The Kier molecular flexibility index (Phi) is 2.23. The van der Waals surface area contributed by atoms with E-state index in [-0.39, 0.29) is 0 Å². The molecule has 2 aliphatic carbocycles. The Balaban J connectivity index is 1.77. The molecule has 3 atom stereocenters. The fourth-order valence-electron chi connectivity index (χ4n) is 3.21. The van der Waals surface area contributed by atoms with Crippen LogP contribution in [0.15, 0.2) is 6.33 Å². The smallest absolute Gasteiger partial charge is 0.134 e. The second-order valence-corrected chi connectivity index (χ2v) is 5.16. The van der Waals surface area contributed by atoms with Gasteiger partial charge >= 0.3 is 0 Å². The molecular weight excluding hydrogens is 200 g/mol. The van der Waals surface area contributed by atoms with Crippen molar-refractivity contribution in [3.8, 4) is 0 Å². The van der Waals surface area contributed by atoms with Crippen LogP contribution in [0.1, 0.15) is 31.2 Å². The average molecular weight is 218 g/mol. The zero-order valence-corrected chi connectivity index (χ0v) is 9.61. The number of hydrogen-bond donors (Lipinski definition) is 2. The highest BCUT2D eigenvalue weighted by atomic mass is 15.1. The minimum absolute atomic E-state index is 0.584. The highest BCUT2D eigenvalue weighted by Gasteiger charge is 2.39. The molecule has 0 amide bonds. The normalized spacial score (nSPS) is 31.9. The van der Waals surface area contributed by atoms with Crippen molar-refractivity contribution in [1.82, 2.24) is 9.97 Å². The Bertz CT molecular complexity index is 404. The molecule has 1 aromatic heterocycles. The van der Waals surface area contributed by atoms with Crippen LogP contribution in [0.2, 0.25) is 0 Å². The minimum Gasteiger partial charge on any atom is -0.383 e. The Morgan fingerprint density at radius 2 is 2.19 bits per heavy atom. The van der Waals surface area contributed by atoms with E-state index in [4.69, 9.17) is 5.73 Å². The van der Waals surface area contributed by atoms with Gasteiger partial charge in [0.15, 0.2) is 0 Å². The summed E-state index contributed by atoms with van der Waals surface area (Å²) in [4.78, 5) is 8.27. The number of nitrogen functional groups attached to an aromatic ring is 1. The summed E-state index contributed by atoms with van der Waals surface area (Å²) in [6, 6.07) is 0.603.